The number of aliphatic imine (C=N–C) groups is 1. The van der Waals surface area contributed by atoms with Crippen LogP contribution in [0.15, 0.2) is 59.9 Å². The number of para-hydroxylation sites is 2. The lowest BCUT2D eigenvalue weighted by Crippen LogP contribution is -2.38. The number of imidazole rings is 1. The molecule has 1 aromatic heterocycles. The number of alkyl halides is 3. The zero-order valence-electron chi connectivity index (χ0n) is 15.9. The third-order valence-electron chi connectivity index (χ3n) is 4.29. The number of hydrogen-bond acceptors (Lipinski definition) is 2. The fourth-order valence-electron chi connectivity index (χ4n) is 2.82. The van der Waals surface area contributed by atoms with Crippen LogP contribution in [0.2, 0.25) is 0 Å². The summed E-state index contributed by atoms with van der Waals surface area (Å²) < 4.78 is 38.7. The summed E-state index contributed by atoms with van der Waals surface area (Å²) in [5.74, 6) is 0.346. The minimum Gasteiger partial charge on any atom is -0.356 e. The van der Waals surface area contributed by atoms with Crippen molar-refractivity contribution in [1.82, 2.24) is 20.2 Å². The molecule has 9 heteroatoms. The Labute approximate surface area is 184 Å². The fraction of sp³-hybridized carbons (Fsp3) is 0.300. The van der Waals surface area contributed by atoms with Gasteiger partial charge >= 0.3 is 6.18 Å². The van der Waals surface area contributed by atoms with Gasteiger partial charge in [0.2, 0.25) is 0 Å². The third kappa shape index (κ3) is 6.91. The van der Waals surface area contributed by atoms with Gasteiger partial charge in [-0.25, -0.2) is 4.98 Å². The van der Waals surface area contributed by atoms with E-state index in [9.17, 15) is 13.2 Å². The lowest BCUT2D eigenvalue weighted by Gasteiger charge is -2.13. The van der Waals surface area contributed by atoms with E-state index in [-0.39, 0.29) is 30.5 Å². The molecule has 0 saturated heterocycles. The van der Waals surface area contributed by atoms with Crippen LogP contribution in [-0.2, 0) is 13.1 Å². The maximum Gasteiger partial charge on any atom is 0.390 e. The van der Waals surface area contributed by atoms with E-state index in [1.807, 2.05) is 54.9 Å². The van der Waals surface area contributed by atoms with E-state index in [1.165, 1.54) is 7.05 Å². The first kappa shape index (κ1) is 23.0. The van der Waals surface area contributed by atoms with E-state index in [4.69, 9.17) is 0 Å². The molecule has 29 heavy (non-hydrogen) atoms. The van der Waals surface area contributed by atoms with Gasteiger partial charge in [-0.2, -0.15) is 13.2 Å². The molecule has 0 bridgehead atoms. The summed E-state index contributed by atoms with van der Waals surface area (Å²) in [4.78, 5) is 8.33. The Morgan fingerprint density at radius 1 is 1.03 bits per heavy atom. The van der Waals surface area contributed by atoms with Crippen LogP contribution in [0.25, 0.3) is 11.0 Å². The largest absolute Gasteiger partial charge is 0.390 e. The van der Waals surface area contributed by atoms with Crippen LogP contribution in [0.5, 0.6) is 0 Å². The van der Waals surface area contributed by atoms with Gasteiger partial charge in [-0.05, 0) is 23.3 Å². The average Bonchev–Trinajstić information content (AvgIpc) is 3.08. The van der Waals surface area contributed by atoms with Crippen molar-refractivity contribution < 1.29 is 13.2 Å². The molecule has 3 aromatic rings. The molecule has 5 nitrogen and oxygen atoms in total. The lowest BCUT2D eigenvalue weighted by molar-refractivity contribution is -0.132. The third-order valence-corrected chi connectivity index (χ3v) is 4.29. The van der Waals surface area contributed by atoms with Gasteiger partial charge in [-0.1, -0.05) is 36.4 Å². The minimum absolute atomic E-state index is 0. The molecular weight excluding hydrogens is 494 g/mol. The molecule has 0 amide bonds. The van der Waals surface area contributed by atoms with E-state index in [0.717, 1.165) is 28.7 Å². The highest BCUT2D eigenvalue weighted by Crippen LogP contribution is 2.18. The Balaban J connectivity index is 0.00000300. The summed E-state index contributed by atoms with van der Waals surface area (Å²) in [6, 6.07) is 16.0. The van der Waals surface area contributed by atoms with Crippen LogP contribution in [0.4, 0.5) is 13.2 Å². The lowest BCUT2D eigenvalue weighted by atomic mass is 10.1. The van der Waals surface area contributed by atoms with Crippen molar-refractivity contribution in [3.63, 3.8) is 0 Å². The van der Waals surface area contributed by atoms with Crippen molar-refractivity contribution in [3.05, 3.63) is 66.0 Å². The number of nitrogens with zero attached hydrogens (tertiary/aromatic N) is 3. The van der Waals surface area contributed by atoms with Crippen LogP contribution in [-0.4, -0.2) is 35.3 Å². The average molecular weight is 517 g/mol. The van der Waals surface area contributed by atoms with Crippen LogP contribution in [0, 0.1) is 0 Å². The number of rotatable bonds is 6. The molecule has 0 atom stereocenters. The molecule has 0 aliphatic heterocycles. The van der Waals surface area contributed by atoms with Crippen LogP contribution in [0.3, 0.4) is 0 Å². The highest BCUT2D eigenvalue weighted by molar-refractivity contribution is 14.0. The van der Waals surface area contributed by atoms with Crippen molar-refractivity contribution in [2.45, 2.75) is 25.7 Å². The Bertz CT molecular complexity index is 935. The van der Waals surface area contributed by atoms with E-state index in [2.05, 4.69) is 25.2 Å². The maximum absolute atomic E-state index is 12.2. The van der Waals surface area contributed by atoms with Crippen molar-refractivity contribution in [2.75, 3.05) is 13.6 Å². The molecular formula is C20H23F3IN5. The summed E-state index contributed by atoms with van der Waals surface area (Å²) >= 11 is 0. The number of fused-ring (bicyclic) bond motifs is 1. The van der Waals surface area contributed by atoms with Gasteiger partial charge in [-0.3, -0.25) is 4.99 Å². The number of aromatic nitrogens is 2. The summed E-state index contributed by atoms with van der Waals surface area (Å²) in [6.45, 7) is 0.982. The van der Waals surface area contributed by atoms with Gasteiger partial charge in [-0.15, -0.1) is 24.0 Å². The molecule has 2 aromatic carbocycles. The quantitative estimate of drug-likeness (QED) is 0.291. The summed E-state index contributed by atoms with van der Waals surface area (Å²) in [5, 5.41) is 5.68. The monoisotopic (exact) mass is 517 g/mol. The van der Waals surface area contributed by atoms with Gasteiger partial charge in [0.05, 0.1) is 23.8 Å². The molecule has 156 valence electrons. The predicted octanol–water partition coefficient (Wildman–Crippen LogP) is 4.32. The smallest absolute Gasteiger partial charge is 0.356 e. The Hall–Kier alpha value is -2.30. The second kappa shape index (κ2) is 10.5. The molecule has 2 N–H and O–H groups in total. The second-order valence-corrected chi connectivity index (χ2v) is 6.40. The van der Waals surface area contributed by atoms with E-state index >= 15 is 0 Å². The van der Waals surface area contributed by atoms with Crippen molar-refractivity contribution in [1.29, 1.82) is 0 Å². The van der Waals surface area contributed by atoms with Gasteiger partial charge in [0.1, 0.15) is 0 Å². The highest BCUT2D eigenvalue weighted by Gasteiger charge is 2.26. The van der Waals surface area contributed by atoms with E-state index in [0.29, 0.717) is 12.5 Å². The first-order chi connectivity index (χ1) is 13.4. The van der Waals surface area contributed by atoms with Gasteiger partial charge in [0, 0.05) is 26.7 Å². The second-order valence-electron chi connectivity index (χ2n) is 6.40. The minimum atomic E-state index is -4.18. The fourth-order valence-corrected chi connectivity index (χ4v) is 2.82. The zero-order valence-corrected chi connectivity index (χ0v) is 18.2. The number of nitrogens with one attached hydrogen (secondary N) is 2. The van der Waals surface area contributed by atoms with Crippen LogP contribution < -0.4 is 10.6 Å². The van der Waals surface area contributed by atoms with Crippen molar-refractivity contribution in [2.24, 2.45) is 4.99 Å². The molecule has 3 rings (SSSR count). The maximum atomic E-state index is 12.2. The SMILES string of the molecule is CN=C(NCCC(F)(F)F)NCc1ccc(Cn2cnc3ccccc32)cc1.I. The van der Waals surface area contributed by atoms with Gasteiger partial charge in [0.25, 0.3) is 0 Å². The zero-order chi connectivity index (χ0) is 20.0. The number of halogens is 4. The molecule has 0 radical (unpaired) electrons. The number of hydrogen-bond donors (Lipinski definition) is 2. The summed E-state index contributed by atoms with van der Waals surface area (Å²) in [7, 11) is 1.53. The number of guanidine groups is 1. The molecule has 0 unspecified atom stereocenters. The van der Waals surface area contributed by atoms with Gasteiger partial charge < -0.3 is 15.2 Å². The van der Waals surface area contributed by atoms with Crippen LogP contribution in [0.1, 0.15) is 17.5 Å². The molecule has 0 aliphatic carbocycles. The molecule has 0 fully saturated rings. The Morgan fingerprint density at radius 3 is 2.41 bits per heavy atom. The van der Waals surface area contributed by atoms with E-state index in [1.54, 1.807) is 0 Å². The number of benzene rings is 2. The van der Waals surface area contributed by atoms with Gasteiger partial charge in [0.15, 0.2) is 5.96 Å². The molecule has 0 aliphatic rings. The summed E-state index contributed by atoms with van der Waals surface area (Å²) in [5.41, 5.74) is 4.20. The Morgan fingerprint density at radius 2 is 1.72 bits per heavy atom. The van der Waals surface area contributed by atoms with E-state index < -0.39 is 12.6 Å². The Kier molecular flexibility index (Phi) is 8.30. The normalized spacial score (nSPS) is 11.9. The van der Waals surface area contributed by atoms with Crippen molar-refractivity contribution >= 4 is 41.0 Å². The summed E-state index contributed by atoms with van der Waals surface area (Å²) in [6.07, 6.45) is -3.25. The van der Waals surface area contributed by atoms with Crippen LogP contribution >= 0.6 is 24.0 Å². The topological polar surface area (TPSA) is 54.2 Å². The molecule has 1 heterocycles. The predicted molar refractivity (Wildman–Crippen MR) is 120 cm³/mol. The first-order valence-corrected chi connectivity index (χ1v) is 8.93. The van der Waals surface area contributed by atoms with Crippen molar-refractivity contribution in [3.8, 4) is 0 Å². The molecule has 0 saturated carbocycles. The highest BCUT2D eigenvalue weighted by atomic mass is 127. The molecule has 0 spiro atoms. The first-order valence-electron chi connectivity index (χ1n) is 8.93. The standard InChI is InChI=1S/C20H22F3N5.HI/c1-24-19(25-11-10-20(21,22)23)26-12-15-6-8-16(9-7-15)13-28-14-27-17-4-2-3-5-18(17)28;/h2-9,14H,10-13H2,1H3,(H2,24,25,26);1H.